The first-order valence-electron chi connectivity index (χ1n) is 7.86. The van der Waals surface area contributed by atoms with Gasteiger partial charge in [0, 0.05) is 32.2 Å². The van der Waals surface area contributed by atoms with Crippen LogP contribution in [0.5, 0.6) is 0 Å². The van der Waals surface area contributed by atoms with Crippen LogP contribution in [0, 0.1) is 0 Å². The third-order valence-corrected chi connectivity index (χ3v) is 6.88. The molecule has 0 amide bonds. The van der Waals surface area contributed by atoms with Crippen molar-refractivity contribution in [3.05, 3.63) is 33.1 Å². The first-order chi connectivity index (χ1) is 12.2. The van der Waals surface area contributed by atoms with E-state index in [1.807, 2.05) is 13.8 Å². The summed E-state index contributed by atoms with van der Waals surface area (Å²) in [6.07, 6.45) is -1.60. The minimum Gasteiger partial charge on any atom is -0.374 e. The Morgan fingerprint density at radius 2 is 2.08 bits per heavy atom. The zero-order valence-corrected chi connectivity index (χ0v) is 16.6. The van der Waals surface area contributed by atoms with Crippen molar-refractivity contribution in [3.63, 3.8) is 0 Å². The average molecular weight is 410 g/mol. The molecule has 1 aromatic rings. The van der Waals surface area contributed by atoms with E-state index in [0.29, 0.717) is 11.4 Å². The van der Waals surface area contributed by atoms with Gasteiger partial charge in [-0.3, -0.25) is 14.3 Å². The van der Waals surface area contributed by atoms with Crippen molar-refractivity contribution in [2.75, 3.05) is 20.0 Å². The van der Waals surface area contributed by atoms with Gasteiger partial charge in [-0.25, -0.2) is 9.36 Å². The second-order valence-corrected chi connectivity index (χ2v) is 9.93. The Kier molecular flexibility index (Phi) is 7.26. The maximum Gasteiger partial charge on any atom is 0.386 e. The number of hydrogen-bond acceptors (Lipinski definition) is 8. The zero-order valence-electron chi connectivity index (χ0n) is 14.9. The molecule has 1 aliphatic rings. The molecule has 0 aliphatic carbocycles. The number of H-pyrrole nitrogens is 1. The molecule has 10 nitrogen and oxygen atoms in total. The standard InChI is InChI=1S/C14H23N2O8PS/c1-8(2)23-11-9(7-26-25(19,20)22-4)24-13(12(11)21-3)16-6-5-10(17)15-14(16)18/h5-6,8-9,11-13H,7H2,1-4H3,(H,19,20)(H,15,17,18)/t9-,11+,12?,13-/m1/s1. The lowest BCUT2D eigenvalue weighted by molar-refractivity contribution is -0.0776. The number of nitrogens with one attached hydrogen (secondary N) is 1. The predicted octanol–water partition coefficient (Wildman–Crippen LogP) is 0.723. The van der Waals surface area contributed by atoms with Crippen molar-refractivity contribution >= 4 is 18.2 Å². The van der Waals surface area contributed by atoms with Crippen LogP contribution in [0.1, 0.15) is 20.1 Å². The molecule has 1 fully saturated rings. The van der Waals surface area contributed by atoms with Crippen molar-refractivity contribution in [2.45, 2.75) is 44.5 Å². The van der Waals surface area contributed by atoms with Gasteiger partial charge in [0.2, 0.25) is 0 Å². The van der Waals surface area contributed by atoms with E-state index in [2.05, 4.69) is 9.51 Å². The van der Waals surface area contributed by atoms with Crippen LogP contribution in [0.15, 0.2) is 21.9 Å². The summed E-state index contributed by atoms with van der Waals surface area (Å²) in [6.45, 7) is -0.127. The van der Waals surface area contributed by atoms with E-state index >= 15 is 0 Å². The molecule has 1 aliphatic heterocycles. The lowest BCUT2D eigenvalue weighted by Gasteiger charge is -2.25. The van der Waals surface area contributed by atoms with Gasteiger partial charge in [0.05, 0.1) is 12.2 Å². The molecule has 0 bridgehead atoms. The fourth-order valence-electron chi connectivity index (χ4n) is 2.64. The van der Waals surface area contributed by atoms with Gasteiger partial charge < -0.3 is 23.6 Å². The molecule has 1 saturated heterocycles. The summed E-state index contributed by atoms with van der Waals surface area (Å²) < 4.78 is 34.8. The summed E-state index contributed by atoms with van der Waals surface area (Å²) in [5, 5.41) is 0. The largest absolute Gasteiger partial charge is 0.386 e. The quantitative estimate of drug-likeness (QED) is 0.596. The molecule has 1 aromatic heterocycles. The molecule has 26 heavy (non-hydrogen) atoms. The highest BCUT2D eigenvalue weighted by atomic mass is 32.7. The number of hydrogen-bond donors (Lipinski definition) is 2. The molecule has 12 heteroatoms. The Bertz CT molecular complexity index is 766. The fraction of sp³-hybridized carbons (Fsp3) is 0.714. The third-order valence-electron chi connectivity index (χ3n) is 3.74. The molecule has 148 valence electrons. The van der Waals surface area contributed by atoms with Gasteiger partial charge in [-0.2, -0.15) is 0 Å². The van der Waals surface area contributed by atoms with Crippen LogP contribution < -0.4 is 11.2 Å². The van der Waals surface area contributed by atoms with E-state index in [4.69, 9.17) is 14.2 Å². The second kappa shape index (κ2) is 8.83. The molecule has 2 heterocycles. The Labute approximate surface area is 154 Å². The minimum atomic E-state index is -3.80. The number of rotatable bonds is 8. The molecular weight excluding hydrogens is 387 g/mol. The highest BCUT2D eigenvalue weighted by Gasteiger charge is 2.48. The molecule has 0 aromatic carbocycles. The number of aromatic amines is 1. The Balaban J connectivity index is 2.31. The van der Waals surface area contributed by atoms with Crippen LogP contribution >= 0.6 is 18.2 Å². The van der Waals surface area contributed by atoms with Crippen LogP contribution in [0.4, 0.5) is 0 Å². The summed E-state index contributed by atoms with van der Waals surface area (Å²) >= 11 is 0.706. The Morgan fingerprint density at radius 1 is 1.38 bits per heavy atom. The van der Waals surface area contributed by atoms with E-state index in [-0.39, 0.29) is 11.9 Å². The first-order valence-corrected chi connectivity index (χ1v) is 11.0. The first kappa shape index (κ1) is 21.4. The van der Waals surface area contributed by atoms with Crippen LogP contribution in [0.2, 0.25) is 0 Å². The van der Waals surface area contributed by atoms with Gasteiger partial charge in [-0.1, -0.05) is 0 Å². The lowest BCUT2D eigenvalue weighted by Crippen LogP contribution is -2.41. The fourth-order valence-corrected chi connectivity index (χ4v) is 4.67. The maximum atomic E-state index is 12.1. The molecule has 0 radical (unpaired) electrons. The van der Waals surface area contributed by atoms with Crippen molar-refractivity contribution in [3.8, 4) is 0 Å². The highest BCUT2D eigenvalue weighted by Crippen LogP contribution is 2.56. The third kappa shape index (κ3) is 5.07. The molecule has 2 N–H and O–H groups in total. The lowest BCUT2D eigenvalue weighted by atomic mass is 10.1. The van der Waals surface area contributed by atoms with Gasteiger partial charge >= 0.3 is 12.5 Å². The second-order valence-electron chi connectivity index (χ2n) is 5.88. The van der Waals surface area contributed by atoms with Crippen LogP contribution in [-0.4, -0.2) is 58.8 Å². The number of nitrogens with zero attached hydrogens (tertiary/aromatic N) is 1. The van der Waals surface area contributed by atoms with E-state index in [0.717, 1.165) is 7.11 Å². The average Bonchev–Trinajstić information content (AvgIpc) is 2.89. The monoisotopic (exact) mass is 410 g/mol. The molecule has 2 unspecified atom stereocenters. The molecule has 0 spiro atoms. The van der Waals surface area contributed by atoms with Crippen LogP contribution in [0.3, 0.4) is 0 Å². The van der Waals surface area contributed by atoms with Gasteiger partial charge in [0.15, 0.2) is 6.23 Å². The van der Waals surface area contributed by atoms with E-state index < -0.39 is 42.6 Å². The summed E-state index contributed by atoms with van der Waals surface area (Å²) in [4.78, 5) is 35.2. The van der Waals surface area contributed by atoms with Gasteiger partial charge in [-0.05, 0) is 25.2 Å². The van der Waals surface area contributed by atoms with E-state index in [1.54, 1.807) is 0 Å². The zero-order chi connectivity index (χ0) is 19.5. The van der Waals surface area contributed by atoms with E-state index in [1.165, 1.54) is 23.9 Å². The van der Waals surface area contributed by atoms with Gasteiger partial charge in [0.25, 0.3) is 5.56 Å². The number of methoxy groups -OCH3 is 1. The van der Waals surface area contributed by atoms with Crippen molar-refractivity contribution in [2.24, 2.45) is 0 Å². The van der Waals surface area contributed by atoms with Crippen molar-refractivity contribution in [1.29, 1.82) is 0 Å². The van der Waals surface area contributed by atoms with Crippen LogP contribution in [-0.2, 0) is 23.3 Å². The Morgan fingerprint density at radius 3 is 2.62 bits per heavy atom. The summed E-state index contributed by atoms with van der Waals surface area (Å²) in [7, 11) is 2.60. The van der Waals surface area contributed by atoms with E-state index in [9.17, 15) is 19.0 Å². The van der Waals surface area contributed by atoms with Crippen LogP contribution in [0.25, 0.3) is 0 Å². The molecule has 5 atom stereocenters. The number of ether oxygens (including phenoxy) is 3. The SMILES string of the molecule is COC1[C@@H](OC(C)C)[C@@H](CSP(=O)(O)OC)O[C@H]1n1ccc(=O)[nH]c1=O. The van der Waals surface area contributed by atoms with Crippen molar-refractivity contribution in [1.82, 2.24) is 9.55 Å². The highest BCUT2D eigenvalue weighted by molar-refractivity contribution is 8.54. The normalized spacial score (nSPS) is 28.4. The molecular formula is C14H23N2O8PS. The summed E-state index contributed by atoms with van der Waals surface area (Å²) in [5.41, 5.74) is -1.17. The smallest absolute Gasteiger partial charge is 0.374 e. The predicted molar refractivity (Wildman–Crippen MR) is 95.3 cm³/mol. The maximum absolute atomic E-state index is 12.1. The molecule has 0 saturated carbocycles. The number of aromatic nitrogens is 2. The van der Waals surface area contributed by atoms with Gasteiger partial charge in [0.1, 0.15) is 12.2 Å². The minimum absolute atomic E-state index is 0.0907. The van der Waals surface area contributed by atoms with Crippen molar-refractivity contribution < 1.29 is 28.2 Å². The van der Waals surface area contributed by atoms with Gasteiger partial charge in [-0.15, -0.1) is 0 Å². The topological polar surface area (TPSA) is 129 Å². The molecule has 2 rings (SSSR count). The summed E-state index contributed by atoms with van der Waals surface area (Å²) in [6, 6.07) is 1.20. The Hall–Kier alpha value is -0.940. The summed E-state index contributed by atoms with van der Waals surface area (Å²) in [5.74, 6) is 0.0907.